The molecule has 0 spiro atoms. The van der Waals surface area contributed by atoms with Crippen molar-refractivity contribution in [1.82, 2.24) is 5.32 Å². The number of carboxylic acids is 2. The van der Waals surface area contributed by atoms with E-state index in [9.17, 15) is 34.2 Å². The zero-order valence-corrected chi connectivity index (χ0v) is 24.0. The number of amides is 1. The third kappa shape index (κ3) is 6.34. The quantitative estimate of drug-likeness (QED) is 0.284. The predicted octanol–water partition coefficient (Wildman–Crippen LogP) is 4.24. The molecule has 10 nitrogen and oxygen atoms in total. The normalized spacial score (nSPS) is 21.0. The summed E-state index contributed by atoms with van der Waals surface area (Å²) in [5.41, 5.74) is 0.895. The molecule has 12 heteroatoms. The van der Waals surface area contributed by atoms with E-state index in [1.54, 1.807) is 36.4 Å². The molecule has 0 bridgehead atoms. The lowest BCUT2D eigenvalue weighted by Crippen LogP contribution is -2.63. The molecule has 1 saturated carbocycles. The van der Waals surface area contributed by atoms with Crippen molar-refractivity contribution in [3.63, 3.8) is 0 Å². The molecule has 1 amide bonds. The summed E-state index contributed by atoms with van der Waals surface area (Å²) in [4.78, 5) is 62.6. The van der Waals surface area contributed by atoms with Crippen molar-refractivity contribution < 1.29 is 43.7 Å². The van der Waals surface area contributed by atoms with Gasteiger partial charge in [-0.1, -0.05) is 59.6 Å². The summed E-state index contributed by atoms with van der Waals surface area (Å²) in [7, 11) is 1.01. The van der Waals surface area contributed by atoms with Crippen LogP contribution in [0.25, 0.3) is 10.8 Å². The maximum Gasteiger partial charge on any atom is 0.338 e. The number of carbonyl (C=O) groups is 5. The molecular formula is C30H27Cl2NO9. The van der Waals surface area contributed by atoms with Crippen LogP contribution in [0.4, 0.5) is 0 Å². The second kappa shape index (κ2) is 12.8. The first-order valence-electron chi connectivity index (χ1n) is 12.9. The molecule has 4 rings (SSSR count). The Hall–Kier alpha value is -4.15. The molecule has 1 aliphatic carbocycles. The smallest absolute Gasteiger partial charge is 0.338 e. The second-order valence-corrected chi connectivity index (χ2v) is 10.9. The van der Waals surface area contributed by atoms with Gasteiger partial charge >= 0.3 is 23.9 Å². The highest BCUT2D eigenvalue weighted by Crippen LogP contribution is 2.47. The number of benzene rings is 3. The highest BCUT2D eigenvalue weighted by molar-refractivity contribution is 6.42. The number of ether oxygens (including phenoxy) is 2. The van der Waals surface area contributed by atoms with Gasteiger partial charge in [0.15, 0.2) is 0 Å². The van der Waals surface area contributed by atoms with Crippen molar-refractivity contribution in [3.8, 4) is 0 Å². The molecule has 2 unspecified atom stereocenters. The fourth-order valence-electron chi connectivity index (χ4n) is 5.27. The number of carbonyl (C=O) groups excluding carboxylic acids is 3. The molecule has 220 valence electrons. The standard InChI is InChI=1S/C30H27Cl2NO9/c1-14(33-26(34)22-23(27(35)36)25(30(40)41-2)24(22)28(37)38)21(12-15-7-10-19(31)20(32)11-15)42-29(39)18-9-8-16-5-3-4-6-17(16)13-18/h3-11,13-14,21-25H,12H2,1-2H3,(H,33,34)(H,35,36)(H,37,38)/t14?,21?,22?,23-,24-,25?/m1/s1. The average Bonchev–Trinajstić information content (AvgIpc) is 2.93. The fourth-order valence-corrected chi connectivity index (χ4v) is 5.59. The van der Waals surface area contributed by atoms with Gasteiger partial charge in [-0.2, -0.15) is 0 Å². The van der Waals surface area contributed by atoms with E-state index in [0.717, 1.165) is 17.9 Å². The van der Waals surface area contributed by atoms with E-state index in [2.05, 4.69) is 10.1 Å². The Kier molecular flexibility index (Phi) is 9.38. The van der Waals surface area contributed by atoms with Crippen LogP contribution < -0.4 is 5.32 Å². The SMILES string of the molecule is COC(=O)C1[C@H](C(=O)O)C(C(=O)NC(C)C(Cc2ccc(Cl)c(Cl)c2)OC(=O)c2ccc3ccccc3c2)[C@H]1C(=O)O. The Balaban J connectivity index is 1.59. The highest BCUT2D eigenvalue weighted by atomic mass is 35.5. The van der Waals surface area contributed by atoms with Crippen molar-refractivity contribution in [2.75, 3.05) is 7.11 Å². The summed E-state index contributed by atoms with van der Waals surface area (Å²) in [6.07, 6.45) is -0.911. The first kappa shape index (κ1) is 30.8. The molecule has 0 radical (unpaired) electrons. The summed E-state index contributed by atoms with van der Waals surface area (Å²) in [6.45, 7) is 1.54. The largest absolute Gasteiger partial charge is 0.481 e. The summed E-state index contributed by atoms with van der Waals surface area (Å²) >= 11 is 12.2. The predicted molar refractivity (Wildman–Crippen MR) is 152 cm³/mol. The van der Waals surface area contributed by atoms with Crippen LogP contribution in [0.5, 0.6) is 0 Å². The van der Waals surface area contributed by atoms with E-state index in [0.29, 0.717) is 10.6 Å². The van der Waals surface area contributed by atoms with E-state index in [-0.39, 0.29) is 17.0 Å². The minimum Gasteiger partial charge on any atom is -0.481 e. The lowest BCUT2D eigenvalue weighted by molar-refractivity contribution is -0.188. The molecule has 4 atom stereocenters. The number of fused-ring (bicyclic) bond motifs is 1. The van der Waals surface area contributed by atoms with Crippen molar-refractivity contribution >= 4 is 63.8 Å². The van der Waals surface area contributed by atoms with Gasteiger partial charge in [-0.15, -0.1) is 0 Å². The molecule has 0 saturated heterocycles. The average molecular weight is 616 g/mol. The summed E-state index contributed by atoms with van der Waals surface area (Å²) < 4.78 is 10.4. The maximum absolute atomic E-state index is 13.3. The number of aliphatic carboxylic acids is 2. The van der Waals surface area contributed by atoms with Crippen LogP contribution in [0.2, 0.25) is 10.0 Å². The van der Waals surface area contributed by atoms with E-state index in [4.69, 9.17) is 27.9 Å². The molecule has 42 heavy (non-hydrogen) atoms. The van der Waals surface area contributed by atoms with Gasteiger partial charge in [-0.05, 0) is 47.5 Å². The molecule has 3 aromatic carbocycles. The number of nitrogens with one attached hydrogen (secondary N) is 1. The van der Waals surface area contributed by atoms with Gasteiger partial charge < -0.3 is 25.0 Å². The Morgan fingerprint density at radius 2 is 1.48 bits per heavy atom. The van der Waals surface area contributed by atoms with Crippen molar-refractivity contribution in [1.29, 1.82) is 0 Å². The molecule has 0 aromatic heterocycles. The summed E-state index contributed by atoms with van der Waals surface area (Å²) in [5, 5.41) is 24.3. The first-order valence-corrected chi connectivity index (χ1v) is 13.7. The summed E-state index contributed by atoms with van der Waals surface area (Å²) in [5.74, 6) is -12.0. The van der Waals surface area contributed by atoms with Crippen LogP contribution in [-0.4, -0.2) is 59.3 Å². The first-order chi connectivity index (χ1) is 19.9. The minimum absolute atomic E-state index is 0.0812. The van der Waals surface area contributed by atoms with Gasteiger partial charge in [0.05, 0.1) is 52.4 Å². The lowest BCUT2D eigenvalue weighted by Gasteiger charge is -2.45. The number of carboxylic acid groups (broad SMARTS) is 2. The van der Waals surface area contributed by atoms with E-state index >= 15 is 0 Å². The summed E-state index contributed by atoms with van der Waals surface area (Å²) in [6, 6.07) is 16.4. The Morgan fingerprint density at radius 3 is 2.07 bits per heavy atom. The van der Waals surface area contributed by atoms with Crippen LogP contribution >= 0.6 is 23.2 Å². The van der Waals surface area contributed by atoms with Gasteiger partial charge in [0.2, 0.25) is 5.91 Å². The third-order valence-corrected chi connectivity index (χ3v) is 8.23. The fraction of sp³-hybridized carbons (Fsp3) is 0.300. The van der Waals surface area contributed by atoms with E-state index < -0.39 is 65.6 Å². The van der Waals surface area contributed by atoms with E-state index in [1.165, 1.54) is 6.92 Å². The number of halogens is 2. The van der Waals surface area contributed by atoms with Gasteiger partial charge in [0.1, 0.15) is 6.10 Å². The second-order valence-electron chi connectivity index (χ2n) is 10.1. The monoisotopic (exact) mass is 615 g/mol. The van der Waals surface area contributed by atoms with Crippen LogP contribution in [0.15, 0.2) is 60.7 Å². The molecular weight excluding hydrogens is 589 g/mol. The molecule has 0 heterocycles. The number of methoxy groups -OCH3 is 1. The zero-order chi connectivity index (χ0) is 30.7. The Labute approximate surface area is 250 Å². The van der Waals surface area contributed by atoms with Crippen molar-refractivity contribution in [3.05, 3.63) is 81.8 Å². The van der Waals surface area contributed by atoms with Gasteiger partial charge in [-0.3, -0.25) is 19.2 Å². The van der Waals surface area contributed by atoms with Gasteiger partial charge in [-0.25, -0.2) is 4.79 Å². The van der Waals surface area contributed by atoms with Gasteiger partial charge in [0.25, 0.3) is 0 Å². The van der Waals surface area contributed by atoms with E-state index in [1.807, 2.05) is 24.3 Å². The van der Waals surface area contributed by atoms with Gasteiger partial charge in [0, 0.05) is 6.42 Å². The Morgan fingerprint density at radius 1 is 0.833 bits per heavy atom. The highest BCUT2D eigenvalue weighted by Gasteiger charge is 2.64. The number of hydrogen-bond donors (Lipinski definition) is 3. The number of rotatable bonds is 10. The van der Waals surface area contributed by atoms with Crippen LogP contribution in [-0.2, 0) is 35.1 Å². The van der Waals surface area contributed by atoms with Crippen LogP contribution in [0.3, 0.4) is 0 Å². The Bertz CT molecular complexity index is 1540. The van der Waals surface area contributed by atoms with Crippen molar-refractivity contribution in [2.45, 2.75) is 25.5 Å². The van der Waals surface area contributed by atoms with Crippen LogP contribution in [0, 0.1) is 23.7 Å². The number of hydrogen-bond acceptors (Lipinski definition) is 7. The topological polar surface area (TPSA) is 156 Å². The zero-order valence-electron chi connectivity index (χ0n) is 22.5. The molecule has 0 aliphatic heterocycles. The molecule has 1 fully saturated rings. The third-order valence-electron chi connectivity index (χ3n) is 7.49. The maximum atomic E-state index is 13.3. The van der Waals surface area contributed by atoms with Crippen LogP contribution in [0.1, 0.15) is 22.8 Å². The molecule has 3 N–H and O–H groups in total. The lowest BCUT2D eigenvalue weighted by atomic mass is 9.56. The molecule has 3 aromatic rings. The minimum atomic E-state index is -1.61. The molecule has 1 aliphatic rings. The number of esters is 2. The van der Waals surface area contributed by atoms with Crippen molar-refractivity contribution in [2.24, 2.45) is 23.7 Å².